The van der Waals surface area contributed by atoms with E-state index in [0.29, 0.717) is 55.9 Å². The van der Waals surface area contributed by atoms with Crippen LogP contribution in [0.1, 0.15) is 25.5 Å². The first-order valence-electron chi connectivity index (χ1n) is 8.59. The van der Waals surface area contributed by atoms with Crippen molar-refractivity contribution in [3.8, 4) is 0 Å². The summed E-state index contributed by atoms with van der Waals surface area (Å²) in [5.74, 6) is 1.71. The number of sulfone groups is 1. The number of hydrogen-bond donors (Lipinski definition) is 2. The Bertz CT molecular complexity index is 895. The fourth-order valence-corrected chi connectivity index (χ4v) is 4.64. The Morgan fingerprint density at radius 2 is 2.19 bits per heavy atom. The summed E-state index contributed by atoms with van der Waals surface area (Å²) in [4.78, 5) is 11.3. The molecule has 0 amide bonds. The lowest BCUT2D eigenvalue weighted by molar-refractivity contribution is 0.0985. The zero-order chi connectivity index (χ0) is 18.4. The van der Waals surface area contributed by atoms with Crippen molar-refractivity contribution in [2.75, 3.05) is 36.2 Å². The van der Waals surface area contributed by atoms with Crippen LogP contribution in [0.4, 0.5) is 17.6 Å². The maximum Gasteiger partial charge on any atom is 0.230 e. The molecule has 1 atom stereocenters. The summed E-state index contributed by atoms with van der Waals surface area (Å²) in [6.45, 7) is 3.99. The van der Waals surface area contributed by atoms with E-state index < -0.39 is 14.6 Å². The van der Waals surface area contributed by atoms with Gasteiger partial charge in [0.25, 0.3) is 0 Å². The van der Waals surface area contributed by atoms with Crippen LogP contribution < -0.4 is 10.2 Å². The third-order valence-corrected chi connectivity index (χ3v) is 7.04. The molecule has 0 unspecified atom stereocenters. The molecule has 4 rings (SSSR count). The lowest BCUT2D eigenvalue weighted by Crippen LogP contribution is -2.44. The van der Waals surface area contributed by atoms with E-state index in [9.17, 15) is 8.42 Å². The Hall–Kier alpha value is -2.20. The molecule has 1 saturated carbocycles. The van der Waals surface area contributed by atoms with Gasteiger partial charge in [-0.15, -0.1) is 0 Å². The summed E-state index contributed by atoms with van der Waals surface area (Å²) in [7, 11) is -3.27. The lowest BCUT2D eigenvalue weighted by Gasteiger charge is -2.34. The summed E-state index contributed by atoms with van der Waals surface area (Å²) in [5, 5.41) is 9.78. The molecule has 2 aromatic rings. The molecule has 3 heterocycles. The lowest BCUT2D eigenvalue weighted by atomic mass is 10.2. The van der Waals surface area contributed by atoms with E-state index in [0.717, 1.165) is 0 Å². The van der Waals surface area contributed by atoms with Crippen molar-refractivity contribution >= 4 is 27.4 Å². The van der Waals surface area contributed by atoms with Crippen LogP contribution >= 0.6 is 0 Å². The standard InChI is InChI=1S/C16H22N6O3S/c1-11-10-25-8-7-22(11)14-9-12(16(4-5-16)26(2,23)24)18-15(20-14)19-13-3-6-17-21-13/h3,6,9,11H,4-5,7-8,10H2,1-2H3,(H2,17,18,19,20,21)/t11-/m1/s1. The molecule has 0 spiro atoms. The number of morpholine rings is 1. The SMILES string of the molecule is C[C@@H]1COCCN1c1cc(C2(S(C)(=O)=O)CC2)nc(Nc2ccn[nH]2)n1. The Morgan fingerprint density at radius 3 is 2.81 bits per heavy atom. The number of ether oxygens (including phenoxy) is 1. The van der Waals surface area contributed by atoms with Crippen LogP contribution in [0.15, 0.2) is 18.3 Å². The molecule has 2 aliphatic rings. The summed E-state index contributed by atoms with van der Waals surface area (Å²) in [6, 6.07) is 3.73. The van der Waals surface area contributed by atoms with Crippen molar-refractivity contribution < 1.29 is 13.2 Å². The number of aromatic nitrogens is 4. The molecule has 26 heavy (non-hydrogen) atoms. The van der Waals surface area contributed by atoms with Crippen LogP contribution in [-0.2, 0) is 19.3 Å². The van der Waals surface area contributed by atoms with Crippen molar-refractivity contribution in [1.82, 2.24) is 20.2 Å². The van der Waals surface area contributed by atoms with Crippen molar-refractivity contribution in [3.63, 3.8) is 0 Å². The van der Waals surface area contributed by atoms with Gasteiger partial charge in [-0.05, 0) is 19.8 Å². The van der Waals surface area contributed by atoms with Crippen molar-refractivity contribution in [2.24, 2.45) is 0 Å². The summed E-state index contributed by atoms with van der Waals surface area (Å²) in [5.41, 5.74) is 0.547. The van der Waals surface area contributed by atoms with E-state index in [1.807, 2.05) is 6.07 Å². The molecule has 1 aliphatic carbocycles. The Morgan fingerprint density at radius 1 is 1.38 bits per heavy atom. The number of aromatic amines is 1. The van der Waals surface area contributed by atoms with Crippen molar-refractivity contribution in [1.29, 1.82) is 0 Å². The minimum Gasteiger partial charge on any atom is -0.377 e. The molecule has 0 bridgehead atoms. The second-order valence-corrected chi connectivity index (χ2v) is 9.24. The quantitative estimate of drug-likeness (QED) is 0.798. The number of H-pyrrole nitrogens is 1. The van der Waals surface area contributed by atoms with Gasteiger partial charge in [0.2, 0.25) is 5.95 Å². The van der Waals surface area contributed by atoms with E-state index in [1.165, 1.54) is 6.26 Å². The van der Waals surface area contributed by atoms with Gasteiger partial charge >= 0.3 is 0 Å². The molecule has 0 radical (unpaired) electrons. The van der Waals surface area contributed by atoms with Crippen molar-refractivity contribution in [2.45, 2.75) is 30.6 Å². The molecular weight excluding hydrogens is 356 g/mol. The number of anilines is 3. The second-order valence-electron chi connectivity index (χ2n) is 6.91. The average molecular weight is 378 g/mol. The van der Waals surface area contributed by atoms with Crippen molar-refractivity contribution in [3.05, 3.63) is 24.0 Å². The molecule has 10 heteroatoms. The highest BCUT2D eigenvalue weighted by Gasteiger charge is 2.55. The highest BCUT2D eigenvalue weighted by Crippen LogP contribution is 2.52. The predicted molar refractivity (Wildman–Crippen MR) is 97.3 cm³/mol. The fourth-order valence-electron chi connectivity index (χ4n) is 3.31. The monoisotopic (exact) mass is 378 g/mol. The van der Waals surface area contributed by atoms with Crippen LogP contribution in [-0.4, -0.2) is 60.6 Å². The maximum atomic E-state index is 12.4. The van der Waals surface area contributed by atoms with Gasteiger partial charge in [-0.2, -0.15) is 10.1 Å². The average Bonchev–Trinajstić information content (AvgIpc) is 3.28. The minimum atomic E-state index is -3.27. The van der Waals surface area contributed by atoms with E-state index >= 15 is 0 Å². The van der Waals surface area contributed by atoms with Gasteiger partial charge in [-0.3, -0.25) is 5.10 Å². The number of hydrogen-bond acceptors (Lipinski definition) is 8. The first kappa shape index (κ1) is 17.2. The zero-order valence-corrected chi connectivity index (χ0v) is 15.6. The molecular formula is C16H22N6O3S. The summed E-state index contributed by atoms with van der Waals surface area (Å²) >= 11 is 0. The van der Waals surface area contributed by atoms with Gasteiger partial charge in [0, 0.05) is 24.9 Å². The third kappa shape index (κ3) is 3.03. The Labute approximate surface area is 152 Å². The summed E-state index contributed by atoms with van der Waals surface area (Å²) in [6.07, 6.45) is 4.08. The molecule has 9 nitrogen and oxygen atoms in total. The minimum absolute atomic E-state index is 0.153. The highest BCUT2D eigenvalue weighted by atomic mass is 32.2. The zero-order valence-electron chi connectivity index (χ0n) is 14.8. The van der Waals surface area contributed by atoms with E-state index in [-0.39, 0.29) is 6.04 Å². The Kier molecular flexibility index (Phi) is 4.11. The topological polar surface area (TPSA) is 113 Å². The van der Waals surface area contributed by atoms with Gasteiger partial charge in [-0.25, -0.2) is 13.4 Å². The molecule has 1 aliphatic heterocycles. The van der Waals surface area contributed by atoms with Crippen LogP contribution in [0.5, 0.6) is 0 Å². The van der Waals surface area contributed by atoms with Crippen LogP contribution in [0, 0.1) is 0 Å². The molecule has 0 aromatic carbocycles. The first-order valence-corrected chi connectivity index (χ1v) is 10.5. The maximum absolute atomic E-state index is 12.4. The van der Waals surface area contributed by atoms with Crippen LogP contribution in [0.3, 0.4) is 0 Å². The van der Waals surface area contributed by atoms with Gasteiger partial charge in [0.1, 0.15) is 16.4 Å². The van der Waals surface area contributed by atoms with E-state index in [2.05, 4.69) is 37.3 Å². The first-order chi connectivity index (χ1) is 12.4. The number of nitrogens with zero attached hydrogens (tertiary/aromatic N) is 4. The van der Waals surface area contributed by atoms with Gasteiger partial charge < -0.3 is 15.0 Å². The molecule has 1 saturated heterocycles. The number of rotatable bonds is 5. The van der Waals surface area contributed by atoms with Crippen LogP contribution in [0.25, 0.3) is 0 Å². The number of nitrogens with one attached hydrogen (secondary N) is 2. The molecule has 2 fully saturated rings. The molecule has 2 N–H and O–H groups in total. The highest BCUT2D eigenvalue weighted by molar-refractivity contribution is 7.91. The molecule has 2 aromatic heterocycles. The van der Waals surface area contributed by atoms with E-state index in [4.69, 9.17) is 4.74 Å². The normalized spacial score (nSPS) is 22.2. The molecule has 140 valence electrons. The largest absolute Gasteiger partial charge is 0.377 e. The smallest absolute Gasteiger partial charge is 0.230 e. The van der Waals surface area contributed by atoms with Gasteiger partial charge in [-0.1, -0.05) is 0 Å². The fraction of sp³-hybridized carbons (Fsp3) is 0.562. The Balaban J connectivity index is 1.77. The summed E-state index contributed by atoms with van der Waals surface area (Å²) < 4.78 is 29.3. The van der Waals surface area contributed by atoms with Gasteiger partial charge in [0.05, 0.1) is 31.1 Å². The second kappa shape index (κ2) is 6.20. The predicted octanol–water partition coefficient (Wildman–Crippen LogP) is 1.20. The van der Waals surface area contributed by atoms with E-state index in [1.54, 1.807) is 12.3 Å². The van der Waals surface area contributed by atoms with Gasteiger partial charge in [0.15, 0.2) is 9.84 Å². The third-order valence-electron chi connectivity index (χ3n) is 5.00. The van der Waals surface area contributed by atoms with Crippen LogP contribution in [0.2, 0.25) is 0 Å².